The number of carbonyl (C=O) groups excluding carboxylic acids is 1. The maximum atomic E-state index is 12.8. The van der Waals surface area contributed by atoms with Crippen LogP contribution in [0.2, 0.25) is 5.02 Å². The molecule has 1 aliphatic heterocycles. The molecule has 0 aromatic carbocycles. The minimum atomic E-state index is -0.553. The summed E-state index contributed by atoms with van der Waals surface area (Å²) in [5, 5.41) is 25.2. The van der Waals surface area contributed by atoms with Gasteiger partial charge >= 0.3 is 11.8 Å². The van der Waals surface area contributed by atoms with Gasteiger partial charge in [0.2, 0.25) is 5.82 Å². The first-order valence-electron chi connectivity index (χ1n) is 10.5. The Hall–Kier alpha value is -2.13. The summed E-state index contributed by atoms with van der Waals surface area (Å²) in [4.78, 5) is 29.2. The van der Waals surface area contributed by atoms with Crippen molar-refractivity contribution in [3.8, 4) is 0 Å². The monoisotopic (exact) mass is 436 g/mol. The van der Waals surface area contributed by atoms with E-state index < -0.39 is 10.5 Å². The fourth-order valence-corrected chi connectivity index (χ4v) is 6.39. The standard InChI is InChI=1S/C20H25ClN4O5/c21-14-5-16(25(28)29)18(22-9-14)23-15-1-2-24(10-15)19(26)30-17-12-3-11-4-13(17)8-20(27,6-11)7-12/h5,9,11-13,15,17,27H,1-4,6-8,10H2,(H,22,23)/t11?,12-,13?,15+,17?,20-/m0/s1. The number of amides is 1. The number of hydrogen-bond acceptors (Lipinski definition) is 7. The quantitative estimate of drug-likeness (QED) is 0.549. The average Bonchev–Trinajstić information content (AvgIpc) is 3.13. The molecule has 4 aliphatic carbocycles. The molecule has 10 heteroatoms. The molecule has 1 aromatic rings. The number of nitrogens with zero attached hydrogens (tertiary/aromatic N) is 3. The van der Waals surface area contributed by atoms with Crippen LogP contribution < -0.4 is 5.32 Å². The maximum Gasteiger partial charge on any atom is 0.410 e. The van der Waals surface area contributed by atoms with E-state index in [0.717, 1.165) is 32.1 Å². The number of anilines is 1. The summed E-state index contributed by atoms with van der Waals surface area (Å²) in [6, 6.07) is 1.11. The molecule has 1 saturated heterocycles. The van der Waals surface area contributed by atoms with Crippen LogP contribution in [-0.4, -0.2) is 56.8 Å². The van der Waals surface area contributed by atoms with Crippen molar-refractivity contribution in [3.63, 3.8) is 0 Å². The number of halogens is 1. The Labute approximate surface area is 178 Å². The Bertz CT molecular complexity index is 867. The Morgan fingerprint density at radius 2 is 2.10 bits per heavy atom. The molecule has 3 unspecified atom stereocenters. The zero-order valence-corrected chi connectivity index (χ0v) is 17.3. The van der Waals surface area contributed by atoms with Crippen molar-refractivity contribution in [2.75, 3.05) is 18.4 Å². The third kappa shape index (κ3) is 3.58. The van der Waals surface area contributed by atoms with Crippen LogP contribution in [-0.2, 0) is 4.74 Å². The molecule has 2 N–H and O–H groups in total. The molecule has 162 valence electrons. The molecule has 6 rings (SSSR count). The molecule has 0 radical (unpaired) electrons. The van der Waals surface area contributed by atoms with E-state index in [2.05, 4.69) is 10.3 Å². The molecular formula is C20H25ClN4O5. The van der Waals surface area contributed by atoms with E-state index in [1.165, 1.54) is 12.3 Å². The number of carbonyl (C=O) groups is 1. The van der Waals surface area contributed by atoms with Gasteiger partial charge in [-0.3, -0.25) is 10.1 Å². The van der Waals surface area contributed by atoms with Crippen LogP contribution in [0.1, 0.15) is 38.5 Å². The second-order valence-corrected chi connectivity index (χ2v) is 9.83. The van der Waals surface area contributed by atoms with E-state index in [-0.39, 0.29) is 46.6 Å². The predicted octanol–water partition coefficient (Wildman–Crippen LogP) is 3.21. The van der Waals surface area contributed by atoms with E-state index >= 15 is 0 Å². The highest BCUT2D eigenvalue weighted by molar-refractivity contribution is 6.30. The number of hydrogen-bond donors (Lipinski definition) is 2. The lowest BCUT2D eigenvalue weighted by Gasteiger charge is -2.57. The number of ether oxygens (including phenoxy) is 1. The fourth-order valence-electron chi connectivity index (χ4n) is 6.23. The smallest absolute Gasteiger partial charge is 0.410 e. The van der Waals surface area contributed by atoms with E-state index in [4.69, 9.17) is 16.3 Å². The average molecular weight is 437 g/mol. The molecule has 6 atom stereocenters. The van der Waals surface area contributed by atoms with Crippen molar-refractivity contribution in [1.82, 2.24) is 9.88 Å². The number of pyridine rings is 1. The summed E-state index contributed by atoms with van der Waals surface area (Å²) in [6.07, 6.45) is 5.99. The molecule has 4 bridgehead atoms. The van der Waals surface area contributed by atoms with Crippen molar-refractivity contribution in [2.24, 2.45) is 17.8 Å². The molecule has 5 fully saturated rings. The first-order valence-corrected chi connectivity index (χ1v) is 10.9. The van der Waals surface area contributed by atoms with Crippen LogP contribution in [0.15, 0.2) is 12.3 Å². The largest absolute Gasteiger partial charge is 0.446 e. The van der Waals surface area contributed by atoms with Crippen LogP contribution >= 0.6 is 11.6 Å². The second-order valence-electron chi connectivity index (χ2n) is 9.40. The number of likely N-dealkylation sites (tertiary alicyclic amines) is 1. The van der Waals surface area contributed by atoms with E-state index in [9.17, 15) is 20.0 Å². The van der Waals surface area contributed by atoms with Crippen molar-refractivity contribution >= 4 is 29.2 Å². The number of aliphatic hydroxyl groups is 1. The summed E-state index contributed by atoms with van der Waals surface area (Å²) in [6.45, 7) is 0.918. The van der Waals surface area contributed by atoms with Gasteiger partial charge in [0.05, 0.1) is 15.5 Å². The number of rotatable bonds is 4. The maximum absolute atomic E-state index is 12.8. The summed E-state index contributed by atoms with van der Waals surface area (Å²) in [7, 11) is 0. The fraction of sp³-hybridized carbons (Fsp3) is 0.700. The van der Waals surface area contributed by atoms with E-state index in [1.54, 1.807) is 4.90 Å². The van der Waals surface area contributed by atoms with Crippen molar-refractivity contribution in [2.45, 2.75) is 56.3 Å². The van der Waals surface area contributed by atoms with Crippen LogP contribution in [0, 0.1) is 27.9 Å². The number of nitro groups is 1. The first-order chi connectivity index (χ1) is 14.3. The minimum Gasteiger partial charge on any atom is -0.446 e. The molecule has 2 heterocycles. The van der Waals surface area contributed by atoms with Crippen LogP contribution in [0.25, 0.3) is 0 Å². The van der Waals surface area contributed by atoms with Gasteiger partial charge < -0.3 is 20.1 Å². The van der Waals surface area contributed by atoms with Gasteiger partial charge in [-0.05, 0) is 56.3 Å². The van der Waals surface area contributed by atoms with Gasteiger partial charge in [-0.15, -0.1) is 0 Å². The Kier molecular flexibility index (Phi) is 4.77. The summed E-state index contributed by atoms with van der Waals surface area (Å²) < 4.78 is 5.94. The van der Waals surface area contributed by atoms with Crippen LogP contribution in [0.4, 0.5) is 16.3 Å². The van der Waals surface area contributed by atoms with Gasteiger partial charge in [0.1, 0.15) is 6.10 Å². The third-order valence-corrected chi connectivity index (χ3v) is 7.42. The summed E-state index contributed by atoms with van der Waals surface area (Å²) in [5.74, 6) is 1.22. The lowest BCUT2D eigenvalue weighted by molar-refractivity contribution is -0.384. The normalized spacial score (nSPS) is 36.7. The lowest BCUT2D eigenvalue weighted by atomic mass is 9.53. The minimum absolute atomic E-state index is 0.111. The second kappa shape index (κ2) is 7.23. The molecule has 5 aliphatic rings. The molecule has 9 nitrogen and oxygen atoms in total. The molecule has 4 saturated carbocycles. The zero-order chi connectivity index (χ0) is 21.0. The Morgan fingerprint density at radius 1 is 1.37 bits per heavy atom. The van der Waals surface area contributed by atoms with Crippen molar-refractivity contribution in [3.05, 3.63) is 27.4 Å². The number of aromatic nitrogens is 1. The molecule has 30 heavy (non-hydrogen) atoms. The molecule has 0 spiro atoms. The molecular weight excluding hydrogens is 412 g/mol. The predicted molar refractivity (Wildman–Crippen MR) is 108 cm³/mol. The third-order valence-electron chi connectivity index (χ3n) is 7.21. The highest BCUT2D eigenvalue weighted by Crippen LogP contribution is 2.56. The van der Waals surface area contributed by atoms with Gasteiger partial charge in [0.25, 0.3) is 0 Å². The van der Waals surface area contributed by atoms with E-state index in [1.807, 2.05) is 0 Å². The lowest BCUT2D eigenvalue weighted by Crippen LogP contribution is -2.58. The zero-order valence-electron chi connectivity index (χ0n) is 16.5. The van der Waals surface area contributed by atoms with Gasteiger partial charge in [-0.25, -0.2) is 9.78 Å². The topological polar surface area (TPSA) is 118 Å². The number of nitrogens with one attached hydrogen (secondary N) is 1. The van der Waals surface area contributed by atoms with Gasteiger partial charge in [-0.2, -0.15) is 0 Å². The Balaban J connectivity index is 1.20. The van der Waals surface area contributed by atoms with Crippen LogP contribution in [0.5, 0.6) is 0 Å². The SMILES string of the molecule is O=C(OC1C2CC3C[C@H]1C[C@@](O)(C3)C2)N1CC[C@@H](Nc2ncc(Cl)cc2[N+](=O)[O-])C1. The van der Waals surface area contributed by atoms with Crippen LogP contribution in [0.3, 0.4) is 0 Å². The van der Waals surface area contributed by atoms with Crippen molar-refractivity contribution in [1.29, 1.82) is 0 Å². The Morgan fingerprint density at radius 3 is 2.77 bits per heavy atom. The van der Waals surface area contributed by atoms with Gasteiger partial charge in [0.15, 0.2) is 0 Å². The summed E-state index contributed by atoms with van der Waals surface area (Å²) >= 11 is 5.82. The molecule has 1 amide bonds. The summed E-state index contributed by atoms with van der Waals surface area (Å²) in [5.41, 5.74) is -0.738. The van der Waals surface area contributed by atoms with E-state index in [0.29, 0.717) is 25.4 Å². The van der Waals surface area contributed by atoms with Crippen molar-refractivity contribution < 1.29 is 19.6 Å². The highest BCUT2D eigenvalue weighted by atomic mass is 35.5. The first kappa shape index (κ1) is 19.8. The molecule has 1 aromatic heterocycles. The van der Waals surface area contributed by atoms with Gasteiger partial charge in [-0.1, -0.05) is 11.6 Å². The highest BCUT2D eigenvalue weighted by Gasteiger charge is 2.56. The van der Waals surface area contributed by atoms with Gasteiger partial charge in [0, 0.05) is 31.4 Å².